The van der Waals surface area contributed by atoms with E-state index in [4.69, 9.17) is 0 Å². The highest BCUT2D eigenvalue weighted by Gasteiger charge is 2.05. The summed E-state index contributed by atoms with van der Waals surface area (Å²) < 4.78 is 1.57. The van der Waals surface area contributed by atoms with Crippen molar-refractivity contribution in [2.75, 3.05) is 0 Å². The molecule has 2 aromatic carbocycles. The van der Waals surface area contributed by atoms with E-state index >= 15 is 0 Å². The summed E-state index contributed by atoms with van der Waals surface area (Å²) in [4.78, 5) is 24.7. The van der Waals surface area contributed by atoms with Crippen LogP contribution in [0.2, 0.25) is 0 Å². The van der Waals surface area contributed by atoms with Crippen molar-refractivity contribution in [3.8, 4) is 11.3 Å². The second kappa shape index (κ2) is 6.80. The van der Waals surface area contributed by atoms with Crippen molar-refractivity contribution in [3.63, 3.8) is 0 Å². The Balaban J connectivity index is 1.56. The Morgan fingerprint density at radius 3 is 2.69 bits per heavy atom. The number of H-pyrrole nitrogens is 1. The maximum atomic E-state index is 12.4. The first-order valence-corrected chi connectivity index (χ1v) is 8.44. The van der Waals surface area contributed by atoms with Crippen LogP contribution in [0.25, 0.3) is 28.2 Å². The van der Waals surface area contributed by atoms with Crippen LogP contribution in [0.4, 0.5) is 0 Å². The molecule has 5 heteroatoms. The molecule has 0 bridgehead atoms. The van der Waals surface area contributed by atoms with Crippen molar-refractivity contribution >= 4 is 17.0 Å². The van der Waals surface area contributed by atoms with Gasteiger partial charge in [0.25, 0.3) is 5.56 Å². The van der Waals surface area contributed by atoms with Crippen molar-refractivity contribution in [2.45, 2.75) is 6.42 Å². The molecule has 0 fully saturated rings. The zero-order valence-corrected chi connectivity index (χ0v) is 14.4. The maximum absolute atomic E-state index is 12.4. The number of benzene rings is 2. The van der Waals surface area contributed by atoms with Crippen molar-refractivity contribution in [2.24, 2.45) is 7.05 Å². The summed E-state index contributed by atoms with van der Waals surface area (Å²) in [5, 5.41) is 0.630. The van der Waals surface area contributed by atoms with Crippen LogP contribution >= 0.6 is 0 Å². The number of aromatic amines is 1. The Hall–Kier alpha value is -3.47. The molecule has 0 aliphatic rings. The summed E-state index contributed by atoms with van der Waals surface area (Å²) in [6.07, 6.45) is 6.29. The fourth-order valence-corrected chi connectivity index (χ4v) is 2.89. The molecule has 0 radical (unpaired) electrons. The van der Waals surface area contributed by atoms with Gasteiger partial charge in [0.05, 0.1) is 22.8 Å². The molecule has 128 valence electrons. The van der Waals surface area contributed by atoms with Crippen molar-refractivity contribution in [3.05, 3.63) is 88.9 Å². The molecule has 26 heavy (non-hydrogen) atoms. The Kier molecular flexibility index (Phi) is 4.19. The molecule has 1 N–H and O–H groups in total. The summed E-state index contributed by atoms with van der Waals surface area (Å²) in [7, 11) is 1.74. The number of imidazole rings is 1. The van der Waals surface area contributed by atoms with E-state index in [0.29, 0.717) is 23.1 Å². The van der Waals surface area contributed by atoms with Crippen LogP contribution in [0.5, 0.6) is 0 Å². The Morgan fingerprint density at radius 1 is 1.08 bits per heavy atom. The van der Waals surface area contributed by atoms with Gasteiger partial charge >= 0.3 is 0 Å². The van der Waals surface area contributed by atoms with Gasteiger partial charge in [0.15, 0.2) is 0 Å². The third kappa shape index (κ3) is 3.07. The zero-order chi connectivity index (χ0) is 17.9. The third-order valence-corrected chi connectivity index (χ3v) is 4.31. The van der Waals surface area contributed by atoms with Gasteiger partial charge in [-0.15, -0.1) is 0 Å². The van der Waals surface area contributed by atoms with Gasteiger partial charge in [0.1, 0.15) is 11.6 Å². The number of para-hydroxylation sites is 1. The SMILES string of the molecule is Cn1c(/C=C/Cc2ncc(-c3ccccc3)[nH]2)nc2ccccc2c1=O. The van der Waals surface area contributed by atoms with Crippen molar-refractivity contribution in [1.29, 1.82) is 0 Å². The monoisotopic (exact) mass is 342 g/mol. The van der Waals surface area contributed by atoms with E-state index in [9.17, 15) is 4.79 Å². The van der Waals surface area contributed by atoms with Crippen LogP contribution < -0.4 is 5.56 Å². The minimum atomic E-state index is -0.0420. The first-order chi connectivity index (χ1) is 12.7. The summed E-state index contributed by atoms with van der Waals surface area (Å²) in [5.41, 5.74) is 2.76. The third-order valence-electron chi connectivity index (χ3n) is 4.31. The highest BCUT2D eigenvalue weighted by molar-refractivity contribution is 5.78. The Bertz CT molecular complexity index is 1140. The average molecular weight is 342 g/mol. The number of aromatic nitrogens is 4. The topological polar surface area (TPSA) is 63.6 Å². The minimum absolute atomic E-state index is 0.0420. The molecule has 0 saturated heterocycles. The van der Waals surface area contributed by atoms with Crippen molar-refractivity contribution in [1.82, 2.24) is 19.5 Å². The van der Waals surface area contributed by atoms with E-state index in [1.165, 1.54) is 0 Å². The molecule has 0 saturated carbocycles. The van der Waals surface area contributed by atoms with Crippen LogP contribution in [-0.4, -0.2) is 19.5 Å². The van der Waals surface area contributed by atoms with Crippen molar-refractivity contribution < 1.29 is 0 Å². The number of nitrogens with one attached hydrogen (secondary N) is 1. The molecule has 5 nitrogen and oxygen atoms in total. The number of rotatable bonds is 4. The van der Waals surface area contributed by atoms with Gasteiger partial charge in [-0.3, -0.25) is 9.36 Å². The molecule has 0 atom stereocenters. The number of allylic oxidation sites excluding steroid dienone is 1. The fourth-order valence-electron chi connectivity index (χ4n) is 2.89. The smallest absolute Gasteiger partial charge is 0.261 e. The molecule has 0 aliphatic carbocycles. The van der Waals surface area contributed by atoms with Gasteiger partial charge in [0, 0.05) is 13.5 Å². The van der Waals surface area contributed by atoms with E-state index in [2.05, 4.69) is 15.0 Å². The van der Waals surface area contributed by atoms with Crippen LogP contribution in [0, 0.1) is 0 Å². The van der Waals surface area contributed by atoms with E-state index in [0.717, 1.165) is 17.1 Å². The van der Waals surface area contributed by atoms with Crippen LogP contribution in [0.1, 0.15) is 11.6 Å². The second-order valence-electron chi connectivity index (χ2n) is 6.07. The van der Waals surface area contributed by atoms with Gasteiger partial charge in [-0.05, 0) is 23.8 Å². The first kappa shape index (κ1) is 16.0. The molecule has 2 heterocycles. The Labute approximate surface area is 150 Å². The predicted octanol–water partition coefficient (Wildman–Crippen LogP) is 3.58. The van der Waals surface area contributed by atoms with Gasteiger partial charge in [-0.25, -0.2) is 9.97 Å². The molecule has 0 aliphatic heterocycles. The standard InChI is InChI=1S/C21H18N4O/c1-25-20(24-17-11-6-5-10-16(17)21(25)26)13-7-12-19-22-14-18(23-19)15-8-3-2-4-9-15/h2-11,13-14H,12H2,1H3,(H,22,23)/b13-7+. The van der Waals surface area contributed by atoms with Gasteiger partial charge in [-0.2, -0.15) is 0 Å². The summed E-state index contributed by atoms with van der Waals surface area (Å²) >= 11 is 0. The van der Waals surface area contributed by atoms with E-state index in [1.807, 2.05) is 66.9 Å². The lowest BCUT2D eigenvalue weighted by molar-refractivity contribution is 0.827. The highest BCUT2D eigenvalue weighted by Crippen LogP contribution is 2.16. The average Bonchev–Trinajstić information content (AvgIpc) is 3.15. The minimum Gasteiger partial charge on any atom is -0.342 e. The molecule has 0 spiro atoms. The zero-order valence-electron chi connectivity index (χ0n) is 14.4. The molecular formula is C21H18N4O. The maximum Gasteiger partial charge on any atom is 0.261 e. The van der Waals surface area contributed by atoms with E-state index < -0.39 is 0 Å². The largest absolute Gasteiger partial charge is 0.342 e. The van der Waals surface area contributed by atoms with Gasteiger partial charge in [-0.1, -0.05) is 48.5 Å². The lowest BCUT2D eigenvalue weighted by atomic mass is 10.2. The Morgan fingerprint density at radius 2 is 1.85 bits per heavy atom. The lowest BCUT2D eigenvalue weighted by Gasteiger charge is -2.05. The predicted molar refractivity (Wildman–Crippen MR) is 104 cm³/mol. The lowest BCUT2D eigenvalue weighted by Crippen LogP contribution is -2.20. The van der Waals surface area contributed by atoms with Crippen LogP contribution in [0.3, 0.4) is 0 Å². The molecule has 0 unspecified atom stereocenters. The number of fused-ring (bicyclic) bond motifs is 1. The molecule has 4 aromatic rings. The van der Waals surface area contributed by atoms with Gasteiger partial charge < -0.3 is 4.98 Å². The van der Waals surface area contributed by atoms with Crippen LogP contribution in [0.15, 0.2) is 71.7 Å². The van der Waals surface area contributed by atoms with E-state index in [1.54, 1.807) is 17.7 Å². The fraction of sp³-hybridized carbons (Fsp3) is 0.0952. The normalized spacial score (nSPS) is 11.4. The molecular weight excluding hydrogens is 324 g/mol. The first-order valence-electron chi connectivity index (χ1n) is 8.44. The molecule has 0 amide bonds. The molecule has 4 rings (SSSR count). The van der Waals surface area contributed by atoms with Crippen LogP contribution in [-0.2, 0) is 13.5 Å². The summed E-state index contributed by atoms with van der Waals surface area (Å²) in [6.45, 7) is 0. The van der Waals surface area contributed by atoms with Gasteiger partial charge in [0.2, 0.25) is 0 Å². The number of hydrogen-bond acceptors (Lipinski definition) is 3. The highest BCUT2D eigenvalue weighted by atomic mass is 16.1. The quantitative estimate of drug-likeness (QED) is 0.616. The molecule has 2 aromatic heterocycles. The van der Waals surface area contributed by atoms with E-state index in [-0.39, 0.29) is 5.56 Å². The number of hydrogen-bond donors (Lipinski definition) is 1. The number of nitrogens with zero attached hydrogens (tertiary/aromatic N) is 3. The summed E-state index contributed by atoms with van der Waals surface area (Å²) in [6, 6.07) is 17.5. The second-order valence-corrected chi connectivity index (χ2v) is 6.07. The summed E-state index contributed by atoms with van der Waals surface area (Å²) in [5.74, 6) is 1.49.